The maximum absolute atomic E-state index is 12.7. The van der Waals surface area contributed by atoms with Crippen LogP contribution < -0.4 is 0 Å². The summed E-state index contributed by atoms with van der Waals surface area (Å²) in [6.45, 7) is 5.34. The average Bonchev–Trinajstić information content (AvgIpc) is 3.05. The largest absolute Gasteiger partial charge is 0.341 e. The van der Waals surface area contributed by atoms with Crippen LogP contribution in [0.25, 0.3) is 10.2 Å². The van der Waals surface area contributed by atoms with Crippen LogP contribution in [0.1, 0.15) is 27.9 Å². The quantitative estimate of drug-likeness (QED) is 0.665. The Bertz CT molecular complexity index is 865. The number of hydrogen-bond acceptors (Lipinski definition) is 2. The van der Waals surface area contributed by atoms with E-state index in [2.05, 4.69) is 17.6 Å². The Kier molecular flexibility index (Phi) is 4.46. The molecule has 0 saturated heterocycles. The van der Waals surface area contributed by atoms with Crippen molar-refractivity contribution in [3.05, 3.63) is 57.6 Å². The highest BCUT2D eigenvalue weighted by atomic mass is 35.5. The molecule has 2 heterocycles. The number of aromatic nitrogens is 1. The fourth-order valence-corrected chi connectivity index (χ4v) is 3.81. The zero-order chi connectivity index (χ0) is 16.6. The highest BCUT2D eigenvalue weighted by Gasteiger charge is 2.20. The molecule has 1 aromatic carbocycles. The zero-order valence-corrected chi connectivity index (χ0v) is 15.0. The third-order valence-electron chi connectivity index (χ3n) is 4.04. The molecular formula is C18H19ClN2OS. The average molecular weight is 347 g/mol. The second-order valence-electron chi connectivity index (χ2n) is 5.63. The van der Waals surface area contributed by atoms with Crippen molar-refractivity contribution in [3.8, 4) is 0 Å². The van der Waals surface area contributed by atoms with Gasteiger partial charge in [0.1, 0.15) is 5.69 Å². The van der Waals surface area contributed by atoms with Gasteiger partial charge in [-0.2, -0.15) is 0 Å². The highest BCUT2D eigenvalue weighted by Crippen LogP contribution is 2.30. The number of fused-ring (bicyclic) bond motifs is 1. The van der Waals surface area contributed by atoms with Gasteiger partial charge in [0.25, 0.3) is 5.91 Å². The molecule has 0 fully saturated rings. The lowest BCUT2D eigenvalue weighted by Crippen LogP contribution is -2.28. The molecule has 0 bridgehead atoms. The Hall–Kier alpha value is -1.78. The fourth-order valence-electron chi connectivity index (χ4n) is 2.65. The maximum atomic E-state index is 12.7. The van der Waals surface area contributed by atoms with Crippen molar-refractivity contribution in [2.24, 2.45) is 0 Å². The number of rotatable bonds is 4. The molecule has 1 amide bonds. The summed E-state index contributed by atoms with van der Waals surface area (Å²) < 4.78 is 3.22. The fraction of sp³-hybridized carbons (Fsp3) is 0.278. The minimum absolute atomic E-state index is 0.0422. The SMILES string of the molecule is CCN(C)C(=O)c1cc2sc(C)cc2n1Cc1ccccc1Cl. The van der Waals surface area contributed by atoms with Crippen molar-refractivity contribution in [2.75, 3.05) is 13.6 Å². The number of thiophene rings is 1. The van der Waals surface area contributed by atoms with Crippen LogP contribution in [0.4, 0.5) is 0 Å². The summed E-state index contributed by atoms with van der Waals surface area (Å²) in [5.74, 6) is 0.0422. The van der Waals surface area contributed by atoms with Crippen molar-refractivity contribution in [3.63, 3.8) is 0 Å². The number of amides is 1. The molecule has 3 rings (SSSR count). The summed E-state index contributed by atoms with van der Waals surface area (Å²) in [6, 6.07) is 11.9. The number of halogens is 1. The van der Waals surface area contributed by atoms with Gasteiger partial charge < -0.3 is 9.47 Å². The second kappa shape index (κ2) is 6.38. The molecule has 0 aliphatic heterocycles. The monoisotopic (exact) mass is 346 g/mol. The van der Waals surface area contributed by atoms with Gasteiger partial charge in [-0.05, 0) is 37.6 Å². The molecule has 0 saturated carbocycles. The minimum atomic E-state index is 0.0422. The van der Waals surface area contributed by atoms with E-state index >= 15 is 0 Å². The lowest BCUT2D eigenvalue weighted by Gasteiger charge is -2.17. The first-order valence-corrected chi connectivity index (χ1v) is 8.79. The van der Waals surface area contributed by atoms with Crippen LogP contribution in [0.15, 0.2) is 36.4 Å². The Morgan fingerprint density at radius 1 is 1.30 bits per heavy atom. The minimum Gasteiger partial charge on any atom is -0.341 e. The number of benzene rings is 1. The standard InChI is InChI=1S/C18H19ClN2OS/c1-4-20(3)18(22)16-10-17-15(9-12(2)23-17)21(16)11-13-7-5-6-8-14(13)19/h5-10H,4,11H2,1-3H3. The van der Waals surface area contributed by atoms with Gasteiger partial charge in [-0.3, -0.25) is 4.79 Å². The number of carbonyl (C=O) groups excluding carboxylic acids is 1. The Labute approximate surface area is 145 Å². The summed E-state index contributed by atoms with van der Waals surface area (Å²) in [5.41, 5.74) is 2.83. The lowest BCUT2D eigenvalue weighted by molar-refractivity contribution is 0.0793. The zero-order valence-electron chi connectivity index (χ0n) is 13.5. The molecule has 2 aromatic heterocycles. The first-order chi connectivity index (χ1) is 11.0. The van der Waals surface area contributed by atoms with Gasteiger partial charge in [-0.25, -0.2) is 0 Å². The number of hydrogen-bond donors (Lipinski definition) is 0. The Morgan fingerprint density at radius 3 is 2.74 bits per heavy atom. The van der Waals surface area contributed by atoms with Crippen LogP contribution in [-0.2, 0) is 6.54 Å². The highest BCUT2D eigenvalue weighted by molar-refractivity contribution is 7.19. The Morgan fingerprint density at radius 2 is 2.04 bits per heavy atom. The molecule has 120 valence electrons. The van der Waals surface area contributed by atoms with E-state index in [9.17, 15) is 4.79 Å². The normalized spacial score (nSPS) is 11.1. The number of carbonyl (C=O) groups is 1. The van der Waals surface area contributed by atoms with Gasteiger partial charge >= 0.3 is 0 Å². The van der Waals surface area contributed by atoms with E-state index in [1.165, 1.54) is 4.88 Å². The van der Waals surface area contributed by atoms with Crippen molar-refractivity contribution in [1.29, 1.82) is 0 Å². The van der Waals surface area contributed by atoms with Gasteiger partial charge in [0, 0.05) is 30.0 Å². The smallest absolute Gasteiger partial charge is 0.270 e. The van der Waals surface area contributed by atoms with Gasteiger partial charge in [0.15, 0.2) is 0 Å². The van der Waals surface area contributed by atoms with Crippen LogP contribution in [0.2, 0.25) is 5.02 Å². The predicted molar refractivity (Wildman–Crippen MR) is 97.7 cm³/mol. The summed E-state index contributed by atoms with van der Waals surface area (Å²) in [4.78, 5) is 15.7. The van der Waals surface area contributed by atoms with Crippen LogP contribution in [0.5, 0.6) is 0 Å². The van der Waals surface area contributed by atoms with E-state index in [1.807, 2.05) is 44.3 Å². The number of aryl methyl sites for hydroxylation is 1. The van der Waals surface area contributed by atoms with Crippen molar-refractivity contribution >= 4 is 39.1 Å². The van der Waals surface area contributed by atoms with E-state index in [0.717, 1.165) is 26.5 Å². The van der Waals surface area contributed by atoms with Crippen molar-refractivity contribution in [1.82, 2.24) is 9.47 Å². The van der Waals surface area contributed by atoms with Crippen molar-refractivity contribution < 1.29 is 4.79 Å². The molecular weight excluding hydrogens is 328 g/mol. The molecule has 0 N–H and O–H groups in total. The topological polar surface area (TPSA) is 25.2 Å². The van der Waals surface area contributed by atoms with Crippen molar-refractivity contribution in [2.45, 2.75) is 20.4 Å². The molecule has 0 unspecified atom stereocenters. The Balaban J connectivity index is 2.12. The lowest BCUT2D eigenvalue weighted by atomic mass is 10.2. The van der Waals surface area contributed by atoms with E-state index < -0.39 is 0 Å². The summed E-state index contributed by atoms with van der Waals surface area (Å²) >= 11 is 8.03. The van der Waals surface area contributed by atoms with Crippen LogP contribution in [0.3, 0.4) is 0 Å². The first-order valence-electron chi connectivity index (χ1n) is 7.59. The third-order valence-corrected chi connectivity index (χ3v) is 5.39. The van der Waals surface area contributed by atoms with Gasteiger partial charge in [-0.1, -0.05) is 29.8 Å². The predicted octanol–water partition coefficient (Wildman–Crippen LogP) is 4.80. The summed E-state index contributed by atoms with van der Waals surface area (Å²) in [7, 11) is 1.83. The van der Waals surface area contributed by atoms with Gasteiger partial charge in [0.05, 0.1) is 10.2 Å². The molecule has 3 aromatic rings. The molecule has 23 heavy (non-hydrogen) atoms. The molecule has 0 radical (unpaired) electrons. The molecule has 5 heteroatoms. The van der Waals surface area contributed by atoms with E-state index in [4.69, 9.17) is 11.6 Å². The maximum Gasteiger partial charge on any atom is 0.270 e. The molecule has 0 aliphatic rings. The van der Waals surface area contributed by atoms with E-state index in [1.54, 1.807) is 16.2 Å². The first kappa shape index (κ1) is 16.1. The van der Waals surface area contributed by atoms with E-state index in [-0.39, 0.29) is 5.91 Å². The summed E-state index contributed by atoms with van der Waals surface area (Å²) in [6.07, 6.45) is 0. The van der Waals surface area contributed by atoms with Crippen LogP contribution in [0, 0.1) is 6.92 Å². The molecule has 0 aliphatic carbocycles. The number of nitrogens with zero attached hydrogens (tertiary/aromatic N) is 2. The summed E-state index contributed by atoms with van der Waals surface area (Å²) in [5, 5.41) is 0.726. The molecule has 0 atom stereocenters. The van der Waals surface area contributed by atoms with Gasteiger partial charge in [-0.15, -0.1) is 11.3 Å². The molecule has 0 spiro atoms. The van der Waals surface area contributed by atoms with Crippen LogP contribution in [-0.4, -0.2) is 29.0 Å². The second-order valence-corrected chi connectivity index (χ2v) is 7.33. The third kappa shape index (κ3) is 3.01. The van der Waals surface area contributed by atoms with Crippen LogP contribution >= 0.6 is 22.9 Å². The van der Waals surface area contributed by atoms with E-state index in [0.29, 0.717) is 13.1 Å². The molecule has 3 nitrogen and oxygen atoms in total. The van der Waals surface area contributed by atoms with Gasteiger partial charge in [0.2, 0.25) is 0 Å².